The minimum Gasteiger partial charge on any atom is -0.444 e. The number of carbonyl (C=O) groups is 3. The lowest BCUT2D eigenvalue weighted by Gasteiger charge is -2.20. The van der Waals surface area contributed by atoms with Crippen LogP contribution >= 0.6 is 11.8 Å². The lowest BCUT2D eigenvalue weighted by Crippen LogP contribution is -2.27. The second-order valence-corrected chi connectivity index (χ2v) is 8.28. The third-order valence-electron chi connectivity index (χ3n) is 5.03. The molecular formula is C21H21FN4O4S. The summed E-state index contributed by atoms with van der Waals surface area (Å²) < 4.78 is 18.7. The van der Waals surface area contributed by atoms with E-state index in [9.17, 15) is 18.8 Å². The predicted octanol–water partition coefficient (Wildman–Crippen LogP) is 2.99. The largest absolute Gasteiger partial charge is 0.444 e. The van der Waals surface area contributed by atoms with Crippen molar-refractivity contribution < 1.29 is 23.5 Å². The van der Waals surface area contributed by atoms with Crippen molar-refractivity contribution >= 4 is 46.7 Å². The molecule has 0 spiro atoms. The zero-order valence-electron chi connectivity index (χ0n) is 16.5. The summed E-state index contributed by atoms with van der Waals surface area (Å²) in [4.78, 5) is 38.6. The zero-order chi connectivity index (χ0) is 22.0. The maximum Gasteiger partial charge on any atom is 0.414 e. The van der Waals surface area contributed by atoms with Crippen LogP contribution in [0.15, 0.2) is 41.3 Å². The van der Waals surface area contributed by atoms with Crippen molar-refractivity contribution in [3.63, 3.8) is 0 Å². The lowest BCUT2D eigenvalue weighted by atomic mass is 10.1. The number of nitrogens with one attached hydrogen (secondary N) is 2. The maximum atomic E-state index is 13.3. The van der Waals surface area contributed by atoms with Gasteiger partial charge >= 0.3 is 6.09 Å². The molecule has 31 heavy (non-hydrogen) atoms. The van der Waals surface area contributed by atoms with E-state index in [1.54, 1.807) is 6.07 Å². The average Bonchev–Trinajstić information content (AvgIpc) is 3.12. The Kier molecular flexibility index (Phi) is 5.99. The van der Waals surface area contributed by atoms with E-state index < -0.39 is 17.8 Å². The number of nitrogens with two attached hydrogens (primary N) is 1. The molecule has 2 aliphatic heterocycles. The highest BCUT2D eigenvalue weighted by Gasteiger charge is 2.32. The highest BCUT2D eigenvalue weighted by molar-refractivity contribution is 8.00. The molecule has 162 valence electrons. The molecule has 0 bridgehead atoms. The monoisotopic (exact) mass is 444 g/mol. The molecule has 0 unspecified atom stereocenters. The minimum atomic E-state index is -0.530. The molecule has 2 aromatic carbocycles. The number of anilines is 3. The first kappa shape index (κ1) is 21.0. The first-order valence-corrected chi connectivity index (χ1v) is 10.8. The van der Waals surface area contributed by atoms with Crippen molar-refractivity contribution in [2.75, 3.05) is 34.8 Å². The van der Waals surface area contributed by atoms with Crippen molar-refractivity contribution in [3.8, 4) is 0 Å². The van der Waals surface area contributed by atoms with Crippen LogP contribution in [-0.2, 0) is 9.53 Å². The summed E-state index contributed by atoms with van der Waals surface area (Å²) in [5.74, 6) is -0.671. The Morgan fingerprint density at radius 1 is 1.29 bits per heavy atom. The first-order chi connectivity index (χ1) is 14.9. The molecule has 0 aromatic heterocycles. The van der Waals surface area contributed by atoms with E-state index in [-0.39, 0.29) is 23.3 Å². The van der Waals surface area contributed by atoms with Crippen LogP contribution in [0.5, 0.6) is 0 Å². The molecule has 4 rings (SSSR count). The Morgan fingerprint density at radius 2 is 2.13 bits per heavy atom. The molecule has 10 heteroatoms. The molecule has 2 heterocycles. The topological polar surface area (TPSA) is 114 Å². The fourth-order valence-corrected chi connectivity index (χ4v) is 4.26. The standard InChI is InChI=1S/C21H21FN4O4S/c22-12-3-5-16(23)15(8-12)20(28)24-7-1-2-14-10-26(21(29)30-14)13-4-6-18-17(9-13)25-19(27)11-31-18/h3-6,8-9,14H,1-2,7,10-11,23H2,(H,24,28)(H,25,27)/t14-/m1/s1. The predicted molar refractivity (Wildman–Crippen MR) is 116 cm³/mol. The number of halogens is 1. The fourth-order valence-electron chi connectivity index (χ4n) is 3.47. The maximum absolute atomic E-state index is 13.3. The van der Waals surface area contributed by atoms with Crippen LogP contribution in [0, 0.1) is 5.82 Å². The summed E-state index contributed by atoms with van der Waals surface area (Å²) in [6.07, 6.45) is 0.363. The van der Waals surface area contributed by atoms with Crippen LogP contribution in [0.3, 0.4) is 0 Å². The van der Waals surface area contributed by atoms with Crippen molar-refractivity contribution in [1.29, 1.82) is 0 Å². The zero-order valence-corrected chi connectivity index (χ0v) is 17.3. The Labute approximate surface area is 182 Å². The quantitative estimate of drug-likeness (QED) is 0.466. The van der Waals surface area contributed by atoms with Gasteiger partial charge in [0.05, 0.1) is 23.5 Å². The van der Waals surface area contributed by atoms with Gasteiger partial charge in [-0.2, -0.15) is 0 Å². The third kappa shape index (κ3) is 4.74. The Balaban J connectivity index is 1.28. The molecule has 0 aliphatic carbocycles. The second kappa shape index (κ2) is 8.84. The van der Waals surface area contributed by atoms with Crippen LogP contribution in [0.4, 0.5) is 26.2 Å². The van der Waals surface area contributed by atoms with Gasteiger partial charge < -0.3 is 21.1 Å². The van der Waals surface area contributed by atoms with Gasteiger partial charge in [0.1, 0.15) is 11.9 Å². The second-order valence-electron chi connectivity index (χ2n) is 7.26. The van der Waals surface area contributed by atoms with Crippen molar-refractivity contribution in [2.45, 2.75) is 23.8 Å². The molecule has 0 saturated carbocycles. The number of hydrogen-bond acceptors (Lipinski definition) is 6. The summed E-state index contributed by atoms with van der Waals surface area (Å²) >= 11 is 1.46. The van der Waals surface area contributed by atoms with Crippen LogP contribution in [0.25, 0.3) is 0 Å². The molecule has 3 amide bonds. The number of amides is 3. The average molecular weight is 444 g/mol. The van der Waals surface area contributed by atoms with E-state index in [0.29, 0.717) is 43.1 Å². The summed E-state index contributed by atoms with van der Waals surface area (Å²) in [7, 11) is 0. The number of hydrogen-bond donors (Lipinski definition) is 3. The highest BCUT2D eigenvalue weighted by Crippen LogP contribution is 2.35. The van der Waals surface area contributed by atoms with Crippen LogP contribution in [0.1, 0.15) is 23.2 Å². The van der Waals surface area contributed by atoms with Gasteiger partial charge in [-0.05, 0) is 49.2 Å². The fraction of sp³-hybridized carbons (Fsp3) is 0.286. The summed E-state index contributed by atoms with van der Waals surface area (Å²) in [6, 6.07) is 9.12. The number of carbonyl (C=O) groups excluding carboxylic acids is 3. The van der Waals surface area contributed by atoms with Gasteiger partial charge in [0, 0.05) is 22.8 Å². The number of fused-ring (bicyclic) bond motifs is 1. The molecule has 1 saturated heterocycles. The van der Waals surface area contributed by atoms with Crippen molar-refractivity contribution in [2.24, 2.45) is 0 Å². The van der Waals surface area contributed by atoms with Gasteiger partial charge in [-0.15, -0.1) is 11.8 Å². The molecule has 1 fully saturated rings. The van der Waals surface area contributed by atoms with E-state index in [1.807, 2.05) is 12.1 Å². The lowest BCUT2D eigenvalue weighted by molar-refractivity contribution is -0.113. The van der Waals surface area contributed by atoms with Crippen molar-refractivity contribution in [1.82, 2.24) is 5.32 Å². The smallest absolute Gasteiger partial charge is 0.414 e. The van der Waals surface area contributed by atoms with E-state index in [1.165, 1.54) is 28.8 Å². The summed E-state index contributed by atoms with van der Waals surface area (Å²) in [5.41, 5.74) is 7.36. The molecule has 4 N–H and O–H groups in total. The molecular weight excluding hydrogens is 423 g/mol. The van der Waals surface area contributed by atoms with Gasteiger partial charge in [0.15, 0.2) is 0 Å². The van der Waals surface area contributed by atoms with Gasteiger partial charge in [-0.3, -0.25) is 14.5 Å². The van der Waals surface area contributed by atoms with Crippen LogP contribution < -0.4 is 21.3 Å². The van der Waals surface area contributed by atoms with E-state index in [2.05, 4.69) is 10.6 Å². The third-order valence-corrected chi connectivity index (χ3v) is 6.10. The van der Waals surface area contributed by atoms with Crippen molar-refractivity contribution in [3.05, 3.63) is 47.8 Å². The van der Waals surface area contributed by atoms with Crippen LogP contribution in [0.2, 0.25) is 0 Å². The number of rotatable bonds is 6. The Morgan fingerprint density at radius 3 is 2.97 bits per heavy atom. The van der Waals surface area contributed by atoms with E-state index in [0.717, 1.165) is 11.0 Å². The molecule has 0 radical (unpaired) electrons. The number of cyclic esters (lactones) is 1. The SMILES string of the molecule is Nc1ccc(F)cc1C(=O)NCCC[C@@H]1CN(c2ccc3c(c2)NC(=O)CS3)C(=O)O1. The van der Waals surface area contributed by atoms with Gasteiger partial charge in [-0.1, -0.05) is 0 Å². The molecule has 1 atom stereocenters. The van der Waals surface area contributed by atoms with Gasteiger partial charge in [0.25, 0.3) is 5.91 Å². The molecule has 2 aliphatic rings. The van der Waals surface area contributed by atoms with Gasteiger partial charge in [-0.25, -0.2) is 9.18 Å². The number of ether oxygens (including phenoxy) is 1. The Hall–Kier alpha value is -3.27. The number of thioether (sulfide) groups is 1. The normalized spacial score (nSPS) is 17.7. The highest BCUT2D eigenvalue weighted by atomic mass is 32.2. The minimum absolute atomic E-state index is 0.0708. The van der Waals surface area contributed by atoms with E-state index >= 15 is 0 Å². The molecule has 2 aromatic rings. The first-order valence-electron chi connectivity index (χ1n) is 9.79. The van der Waals surface area contributed by atoms with E-state index in [4.69, 9.17) is 10.5 Å². The van der Waals surface area contributed by atoms with Gasteiger partial charge in [0.2, 0.25) is 5.91 Å². The number of benzene rings is 2. The number of nitrogens with zero attached hydrogens (tertiary/aromatic N) is 1. The summed E-state index contributed by atoms with van der Waals surface area (Å²) in [6.45, 7) is 0.717. The summed E-state index contributed by atoms with van der Waals surface area (Å²) in [5, 5.41) is 5.51. The Bertz CT molecular complexity index is 1050. The van der Waals surface area contributed by atoms with Crippen LogP contribution in [-0.4, -0.2) is 42.9 Å². The molecule has 8 nitrogen and oxygen atoms in total. The number of nitrogen functional groups attached to an aromatic ring is 1.